The van der Waals surface area contributed by atoms with Gasteiger partial charge in [-0.25, -0.2) is 14.8 Å². The Labute approximate surface area is 130 Å². The Morgan fingerprint density at radius 3 is 2.50 bits per heavy atom. The van der Waals surface area contributed by atoms with E-state index in [1.54, 1.807) is 18.5 Å². The van der Waals surface area contributed by atoms with E-state index in [-0.39, 0.29) is 18.2 Å². The van der Waals surface area contributed by atoms with E-state index in [0.29, 0.717) is 6.54 Å². The number of nitrogens with zero attached hydrogens (tertiary/aromatic N) is 4. The number of carbonyl (C=O) groups is 1. The van der Waals surface area contributed by atoms with Gasteiger partial charge in [0.05, 0.1) is 12.1 Å². The van der Waals surface area contributed by atoms with Crippen LogP contribution in [-0.4, -0.2) is 51.7 Å². The molecular formula is C16H22N4O2. The lowest BCUT2D eigenvalue weighted by atomic mass is 10.2. The zero-order valence-electron chi connectivity index (χ0n) is 13.3. The molecule has 118 valence electrons. The molecule has 2 aliphatic rings. The van der Waals surface area contributed by atoms with Gasteiger partial charge in [0.25, 0.3) is 0 Å². The number of anilines is 1. The highest BCUT2D eigenvalue weighted by Crippen LogP contribution is 2.33. The van der Waals surface area contributed by atoms with Gasteiger partial charge in [-0.15, -0.1) is 0 Å². The molecule has 2 fully saturated rings. The van der Waals surface area contributed by atoms with Crippen LogP contribution in [0.5, 0.6) is 0 Å². The topological polar surface area (TPSA) is 58.6 Å². The molecule has 1 aromatic rings. The van der Waals surface area contributed by atoms with Crippen LogP contribution in [0.15, 0.2) is 19.0 Å². The molecule has 3 rings (SSSR count). The molecule has 6 nitrogen and oxygen atoms in total. The van der Waals surface area contributed by atoms with Crippen molar-refractivity contribution in [2.75, 3.05) is 18.0 Å². The van der Waals surface area contributed by atoms with Gasteiger partial charge in [0.1, 0.15) is 5.60 Å². The van der Waals surface area contributed by atoms with Crippen LogP contribution in [0.3, 0.4) is 0 Å². The van der Waals surface area contributed by atoms with Crippen LogP contribution < -0.4 is 4.90 Å². The number of fused-ring (bicyclic) bond motifs is 2. The molecule has 0 spiro atoms. The molecule has 0 saturated carbocycles. The fraction of sp³-hybridized carbons (Fsp3) is 0.562. The number of hydrogen-bond acceptors (Lipinski definition) is 5. The molecule has 0 aliphatic carbocycles. The minimum atomic E-state index is -0.456. The van der Waals surface area contributed by atoms with Crippen LogP contribution in [-0.2, 0) is 4.74 Å². The summed E-state index contributed by atoms with van der Waals surface area (Å²) < 4.78 is 5.47. The minimum absolute atomic E-state index is 0.183. The molecular weight excluding hydrogens is 280 g/mol. The van der Waals surface area contributed by atoms with E-state index in [2.05, 4.69) is 21.4 Å². The van der Waals surface area contributed by atoms with Gasteiger partial charge in [-0.2, -0.15) is 0 Å². The van der Waals surface area contributed by atoms with Crippen LogP contribution in [0, 0.1) is 0 Å². The molecule has 2 bridgehead atoms. The molecule has 1 amide bonds. The summed E-state index contributed by atoms with van der Waals surface area (Å²) >= 11 is 0. The van der Waals surface area contributed by atoms with Crippen molar-refractivity contribution in [3.05, 3.63) is 24.5 Å². The summed E-state index contributed by atoms with van der Waals surface area (Å²) in [6.45, 7) is 10.8. The van der Waals surface area contributed by atoms with Crippen LogP contribution >= 0.6 is 0 Å². The Bertz CT molecular complexity index is 579. The Kier molecular flexibility index (Phi) is 3.54. The number of aromatic nitrogens is 2. The maximum atomic E-state index is 12.2. The summed E-state index contributed by atoms with van der Waals surface area (Å²) in [5.74, 6) is 0.724. The van der Waals surface area contributed by atoms with E-state index >= 15 is 0 Å². The van der Waals surface area contributed by atoms with Crippen molar-refractivity contribution in [2.24, 2.45) is 0 Å². The monoisotopic (exact) mass is 302 g/mol. The summed E-state index contributed by atoms with van der Waals surface area (Å²) in [7, 11) is 0. The van der Waals surface area contributed by atoms with Crippen LogP contribution in [0.25, 0.3) is 6.08 Å². The molecule has 0 aromatic carbocycles. The SMILES string of the molecule is C=Cc1cnc(N2CC3CC2CN3C(=O)OC(C)(C)C)nc1. The highest BCUT2D eigenvalue weighted by atomic mass is 16.6. The van der Waals surface area contributed by atoms with E-state index in [1.165, 1.54) is 0 Å². The summed E-state index contributed by atoms with van der Waals surface area (Å²) in [4.78, 5) is 25.0. The lowest BCUT2D eigenvalue weighted by Gasteiger charge is -2.35. The smallest absolute Gasteiger partial charge is 0.410 e. The molecule has 2 saturated heterocycles. The van der Waals surface area contributed by atoms with E-state index in [4.69, 9.17) is 4.74 Å². The van der Waals surface area contributed by atoms with E-state index in [0.717, 1.165) is 24.5 Å². The lowest BCUT2D eigenvalue weighted by Crippen LogP contribution is -2.50. The summed E-state index contributed by atoms with van der Waals surface area (Å²) in [5, 5.41) is 0. The molecule has 3 heterocycles. The number of ether oxygens (including phenoxy) is 1. The average molecular weight is 302 g/mol. The number of hydrogen-bond donors (Lipinski definition) is 0. The van der Waals surface area contributed by atoms with Gasteiger partial charge in [-0.3, -0.25) is 0 Å². The fourth-order valence-electron chi connectivity index (χ4n) is 3.04. The van der Waals surface area contributed by atoms with Gasteiger partial charge in [0.15, 0.2) is 0 Å². The number of amides is 1. The molecule has 2 aliphatic heterocycles. The third kappa shape index (κ3) is 2.77. The fourth-order valence-corrected chi connectivity index (χ4v) is 3.04. The van der Waals surface area contributed by atoms with Gasteiger partial charge in [-0.1, -0.05) is 12.7 Å². The number of rotatable bonds is 2. The van der Waals surface area contributed by atoms with E-state index in [1.807, 2.05) is 25.7 Å². The normalized spacial score (nSPS) is 23.8. The maximum Gasteiger partial charge on any atom is 0.410 e. The summed E-state index contributed by atoms with van der Waals surface area (Å²) in [5.41, 5.74) is 0.450. The van der Waals surface area contributed by atoms with Crippen molar-refractivity contribution in [3.63, 3.8) is 0 Å². The second-order valence-electron chi connectivity index (χ2n) is 6.85. The third-order valence-electron chi connectivity index (χ3n) is 4.02. The van der Waals surface area contributed by atoms with Gasteiger partial charge in [0, 0.05) is 31.0 Å². The largest absolute Gasteiger partial charge is 0.444 e. The minimum Gasteiger partial charge on any atom is -0.444 e. The van der Waals surface area contributed by atoms with E-state index in [9.17, 15) is 4.79 Å². The molecule has 0 radical (unpaired) electrons. The standard InChI is InChI=1S/C16H22N4O2/c1-5-11-7-17-14(18-8-11)19-9-13-6-12(19)10-20(13)15(21)22-16(2,3)4/h5,7-8,12-13H,1,6,9-10H2,2-4H3. The zero-order chi connectivity index (χ0) is 15.9. The maximum absolute atomic E-state index is 12.2. The quantitative estimate of drug-likeness (QED) is 0.839. The first-order chi connectivity index (χ1) is 10.4. The zero-order valence-corrected chi connectivity index (χ0v) is 13.3. The number of likely N-dealkylation sites (tertiary alicyclic amines) is 1. The van der Waals surface area contributed by atoms with Gasteiger partial charge >= 0.3 is 6.09 Å². The highest BCUT2D eigenvalue weighted by Gasteiger charge is 2.47. The summed E-state index contributed by atoms with van der Waals surface area (Å²) in [6.07, 6.45) is 6.00. The van der Waals surface area contributed by atoms with Crippen LogP contribution in [0.2, 0.25) is 0 Å². The van der Waals surface area contributed by atoms with Crippen LogP contribution in [0.4, 0.5) is 10.7 Å². The van der Waals surface area contributed by atoms with Crippen molar-refractivity contribution in [1.29, 1.82) is 0 Å². The van der Waals surface area contributed by atoms with Gasteiger partial charge < -0.3 is 14.5 Å². The van der Waals surface area contributed by atoms with Gasteiger partial charge in [-0.05, 0) is 27.2 Å². The molecule has 2 atom stereocenters. The number of piperazine rings is 1. The molecule has 1 aromatic heterocycles. The molecule has 2 unspecified atom stereocenters. The molecule has 0 N–H and O–H groups in total. The Balaban J connectivity index is 1.66. The molecule has 22 heavy (non-hydrogen) atoms. The van der Waals surface area contributed by atoms with Crippen LogP contribution in [0.1, 0.15) is 32.8 Å². The van der Waals surface area contributed by atoms with Crippen molar-refractivity contribution in [1.82, 2.24) is 14.9 Å². The first kappa shape index (κ1) is 14.8. The third-order valence-corrected chi connectivity index (χ3v) is 4.02. The van der Waals surface area contributed by atoms with Crippen molar-refractivity contribution >= 4 is 18.1 Å². The second-order valence-corrected chi connectivity index (χ2v) is 6.85. The average Bonchev–Trinajstić information content (AvgIpc) is 3.05. The lowest BCUT2D eigenvalue weighted by molar-refractivity contribution is 0.0214. The van der Waals surface area contributed by atoms with Gasteiger partial charge in [0.2, 0.25) is 5.95 Å². The first-order valence-corrected chi connectivity index (χ1v) is 7.58. The Hall–Kier alpha value is -2.11. The Morgan fingerprint density at radius 1 is 1.32 bits per heavy atom. The van der Waals surface area contributed by atoms with E-state index < -0.39 is 5.60 Å². The highest BCUT2D eigenvalue weighted by molar-refractivity contribution is 5.70. The Morgan fingerprint density at radius 2 is 2.00 bits per heavy atom. The van der Waals surface area contributed by atoms with Crippen molar-refractivity contribution < 1.29 is 9.53 Å². The molecule has 6 heteroatoms. The predicted octanol–water partition coefficient (Wildman–Crippen LogP) is 2.32. The predicted molar refractivity (Wildman–Crippen MR) is 84.6 cm³/mol. The summed E-state index contributed by atoms with van der Waals surface area (Å²) in [6, 6.07) is 0.453. The second kappa shape index (κ2) is 5.26. The van der Waals surface area contributed by atoms with Crippen molar-refractivity contribution in [3.8, 4) is 0 Å². The number of carbonyl (C=O) groups excluding carboxylic acids is 1. The first-order valence-electron chi connectivity index (χ1n) is 7.58. The van der Waals surface area contributed by atoms with Crippen molar-refractivity contribution in [2.45, 2.75) is 44.9 Å².